The molecule has 2 N–H and O–H groups in total. The zero-order valence-electron chi connectivity index (χ0n) is 18.2. The molecule has 3 heterocycles. The summed E-state index contributed by atoms with van der Waals surface area (Å²) < 4.78 is 5.55. The van der Waals surface area contributed by atoms with Crippen LogP contribution in [-0.4, -0.2) is 84.2 Å². The minimum absolute atomic E-state index is 0.213. The lowest BCUT2D eigenvalue weighted by Gasteiger charge is -2.57. The fourth-order valence-corrected chi connectivity index (χ4v) is 5.45. The van der Waals surface area contributed by atoms with Gasteiger partial charge in [-0.15, -0.1) is 0 Å². The van der Waals surface area contributed by atoms with E-state index in [0.717, 1.165) is 37.8 Å². The Kier molecular flexibility index (Phi) is 7.45. The molecular formula is C25H36N2O3. The molecule has 164 valence electrons. The van der Waals surface area contributed by atoms with Gasteiger partial charge in [0.2, 0.25) is 0 Å². The molecule has 0 spiro atoms. The Bertz CT molecular complexity index is 733. The molecule has 3 saturated heterocycles. The van der Waals surface area contributed by atoms with E-state index < -0.39 is 6.10 Å². The van der Waals surface area contributed by atoms with Crippen LogP contribution in [0.25, 0.3) is 0 Å². The minimum Gasteiger partial charge on any atom is -0.395 e. The van der Waals surface area contributed by atoms with E-state index in [2.05, 4.69) is 33.8 Å². The quantitative estimate of drug-likeness (QED) is 0.742. The van der Waals surface area contributed by atoms with Crippen molar-refractivity contribution in [3.05, 3.63) is 35.4 Å². The maximum Gasteiger partial charge on any atom is 0.112 e. The van der Waals surface area contributed by atoms with Gasteiger partial charge in [-0.1, -0.05) is 24.0 Å². The van der Waals surface area contributed by atoms with Gasteiger partial charge in [-0.25, -0.2) is 0 Å². The summed E-state index contributed by atoms with van der Waals surface area (Å²) in [5.74, 6) is 6.95. The third kappa shape index (κ3) is 5.07. The molecule has 4 rings (SSSR count). The molecular weight excluding hydrogens is 376 g/mol. The van der Waals surface area contributed by atoms with Crippen LogP contribution in [0, 0.1) is 17.8 Å². The van der Waals surface area contributed by atoms with Gasteiger partial charge in [-0.2, -0.15) is 0 Å². The van der Waals surface area contributed by atoms with Gasteiger partial charge in [-0.05, 0) is 69.3 Å². The maximum absolute atomic E-state index is 10.1. The van der Waals surface area contributed by atoms with E-state index in [1.807, 2.05) is 12.1 Å². The summed E-state index contributed by atoms with van der Waals surface area (Å²) in [6.07, 6.45) is 4.20. The van der Waals surface area contributed by atoms with Crippen molar-refractivity contribution >= 4 is 0 Å². The molecule has 0 aliphatic carbocycles. The van der Waals surface area contributed by atoms with Gasteiger partial charge < -0.3 is 19.8 Å². The highest BCUT2D eigenvalue weighted by Gasteiger charge is 2.49. The largest absolute Gasteiger partial charge is 0.395 e. The number of aliphatic hydroxyl groups excluding tert-OH is 2. The Labute approximate surface area is 181 Å². The second-order valence-corrected chi connectivity index (χ2v) is 9.17. The van der Waals surface area contributed by atoms with Crippen molar-refractivity contribution in [3.8, 4) is 11.8 Å². The van der Waals surface area contributed by atoms with Crippen LogP contribution in [0.4, 0.5) is 0 Å². The van der Waals surface area contributed by atoms with Gasteiger partial charge in [0.05, 0.1) is 6.61 Å². The highest BCUT2D eigenvalue weighted by atomic mass is 16.5. The average Bonchev–Trinajstić information content (AvgIpc) is 2.74. The molecule has 0 amide bonds. The summed E-state index contributed by atoms with van der Waals surface area (Å²) in [7, 11) is 0. The molecule has 3 aliphatic rings. The first-order valence-corrected chi connectivity index (χ1v) is 11.6. The van der Waals surface area contributed by atoms with E-state index in [1.165, 1.54) is 44.3 Å². The molecule has 0 aromatic heterocycles. The number of benzene rings is 1. The van der Waals surface area contributed by atoms with Crippen molar-refractivity contribution in [2.75, 3.05) is 46.0 Å². The summed E-state index contributed by atoms with van der Waals surface area (Å²) in [5, 5.41) is 19.5. The smallest absolute Gasteiger partial charge is 0.112 e. The Morgan fingerprint density at radius 3 is 2.57 bits per heavy atom. The van der Waals surface area contributed by atoms with Crippen LogP contribution in [-0.2, 0) is 4.74 Å². The standard InChI is InChI=1S/C25H36N2O3/c1-19(29)4-5-20-6-8-22(9-7-20)25-23-17-26(16-21-10-14-30-15-11-21)12-2-3-13-27(23)24(25)18-28/h6-9,19,21,23-25,28-29H,2-3,10-18H2,1H3/t19-,23+,24+,25-/m0/s1. The molecule has 1 aromatic carbocycles. The summed E-state index contributed by atoms with van der Waals surface area (Å²) >= 11 is 0. The number of rotatable bonds is 4. The molecule has 5 heteroatoms. The van der Waals surface area contributed by atoms with Crippen LogP contribution in [0.2, 0.25) is 0 Å². The molecule has 30 heavy (non-hydrogen) atoms. The lowest BCUT2D eigenvalue weighted by Crippen LogP contribution is -2.67. The zero-order valence-corrected chi connectivity index (χ0v) is 18.2. The fraction of sp³-hybridized carbons (Fsp3) is 0.680. The lowest BCUT2D eigenvalue weighted by atomic mass is 9.74. The van der Waals surface area contributed by atoms with Crippen molar-refractivity contribution in [2.45, 2.75) is 56.7 Å². The predicted octanol–water partition coefficient (Wildman–Crippen LogP) is 2.07. The third-order valence-corrected chi connectivity index (χ3v) is 7.03. The highest BCUT2D eigenvalue weighted by molar-refractivity contribution is 5.39. The van der Waals surface area contributed by atoms with E-state index in [0.29, 0.717) is 12.0 Å². The predicted molar refractivity (Wildman–Crippen MR) is 118 cm³/mol. The molecule has 3 fully saturated rings. The first-order chi connectivity index (χ1) is 14.7. The minimum atomic E-state index is -0.611. The van der Waals surface area contributed by atoms with Crippen molar-refractivity contribution in [3.63, 3.8) is 0 Å². The third-order valence-electron chi connectivity index (χ3n) is 7.03. The van der Waals surface area contributed by atoms with Crippen LogP contribution in [0.5, 0.6) is 0 Å². The highest BCUT2D eigenvalue weighted by Crippen LogP contribution is 2.42. The number of nitrogens with zero attached hydrogens (tertiary/aromatic N) is 2. The number of hydrogen-bond acceptors (Lipinski definition) is 5. The SMILES string of the molecule is C[C@H](O)C#Cc1ccc([C@@H]2[C@@H](CO)N3CCCCN(CC4CCOCC4)C[C@H]23)cc1. The molecule has 3 aliphatic heterocycles. The normalized spacial score (nSPS) is 29.6. The molecule has 5 nitrogen and oxygen atoms in total. The summed E-state index contributed by atoms with van der Waals surface area (Å²) in [6, 6.07) is 9.11. The van der Waals surface area contributed by atoms with Gasteiger partial charge in [0, 0.05) is 49.9 Å². The summed E-state index contributed by atoms with van der Waals surface area (Å²) in [4.78, 5) is 5.22. The van der Waals surface area contributed by atoms with E-state index >= 15 is 0 Å². The molecule has 0 radical (unpaired) electrons. The molecule has 0 saturated carbocycles. The summed E-state index contributed by atoms with van der Waals surface area (Å²) in [6.45, 7) is 8.25. The van der Waals surface area contributed by atoms with Crippen molar-refractivity contribution in [1.29, 1.82) is 0 Å². The van der Waals surface area contributed by atoms with E-state index in [-0.39, 0.29) is 12.6 Å². The lowest BCUT2D eigenvalue weighted by molar-refractivity contribution is -0.0677. The first-order valence-electron chi connectivity index (χ1n) is 11.6. The van der Waals surface area contributed by atoms with Crippen molar-refractivity contribution in [2.24, 2.45) is 5.92 Å². The van der Waals surface area contributed by atoms with Crippen LogP contribution in [0.3, 0.4) is 0 Å². The van der Waals surface area contributed by atoms with Crippen LogP contribution >= 0.6 is 0 Å². The van der Waals surface area contributed by atoms with Gasteiger partial charge in [-0.3, -0.25) is 4.90 Å². The molecule has 0 bridgehead atoms. The Balaban J connectivity index is 1.47. The summed E-state index contributed by atoms with van der Waals surface area (Å²) in [5.41, 5.74) is 2.22. The van der Waals surface area contributed by atoms with Crippen molar-refractivity contribution in [1.82, 2.24) is 9.80 Å². The maximum atomic E-state index is 10.1. The van der Waals surface area contributed by atoms with Gasteiger partial charge in [0.1, 0.15) is 6.10 Å². The number of ether oxygens (including phenoxy) is 1. The molecule has 0 unspecified atom stereocenters. The average molecular weight is 413 g/mol. The van der Waals surface area contributed by atoms with Gasteiger partial charge in [0.25, 0.3) is 0 Å². The second-order valence-electron chi connectivity index (χ2n) is 9.17. The topological polar surface area (TPSA) is 56.2 Å². The first kappa shape index (κ1) is 21.8. The number of aliphatic hydroxyl groups is 2. The van der Waals surface area contributed by atoms with E-state index in [1.54, 1.807) is 6.92 Å². The number of fused-ring (bicyclic) bond motifs is 1. The van der Waals surface area contributed by atoms with E-state index in [4.69, 9.17) is 4.74 Å². The Morgan fingerprint density at radius 2 is 1.87 bits per heavy atom. The van der Waals surface area contributed by atoms with Gasteiger partial charge in [0.15, 0.2) is 0 Å². The van der Waals surface area contributed by atoms with Crippen LogP contribution in [0.15, 0.2) is 24.3 Å². The van der Waals surface area contributed by atoms with E-state index in [9.17, 15) is 10.2 Å². The Morgan fingerprint density at radius 1 is 1.13 bits per heavy atom. The van der Waals surface area contributed by atoms with Crippen molar-refractivity contribution < 1.29 is 14.9 Å². The van der Waals surface area contributed by atoms with Crippen LogP contribution in [0.1, 0.15) is 49.7 Å². The number of hydrogen-bond donors (Lipinski definition) is 2. The molecule has 1 aromatic rings. The fourth-order valence-electron chi connectivity index (χ4n) is 5.45. The van der Waals surface area contributed by atoms with Crippen LogP contribution < -0.4 is 0 Å². The molecule has 4 atom stereocenters. The second kappa shape index (κ2) is 10.3. The van der Waals surface area contributed by atoms with Gasteiger partial charge >= 0.3 is 0 Å². The Hall–Kier alpha value is -1.42. The zero-order chi connectivity index (χ0) is 20.9. The monoisotopic (exact) mass is 412 g/mol.